The van der Waals surface area contributed by atoms with Crippen LogP contribution in [0.5, 0.6) is 11.5 Å². The number of ether oxygens (including phenoxy) is 2. The van der Waals surface area contributed by atoms with E-state index in [1.165, 1.54) is 23.5 Å². The van der Waals surface area contributed by atoms with Gasteiger partial charge in [-0.1, -0.05) is 11.6 Å². The Morgan fingerprint density at radius 1 is 1.32 bits per heavy atom. The second kappa shape index (κ2) is 7.08. The molecular weight excluding hydrogens is 384 g/mol. The van der Waals surface area contributed by atoms with E-state index in [1.807, 2.05) is 6.92 Å². The molecule has 0 bridgehead atoms. The van der Waals surface area contributed by atoms with Gasteiger partial charge in [-0.05, 0) is 18.6 Å². The van der Waals surface area contributed by atoms with Gasteiger partial charge in [0.05, 0.1) is 6.20 Å². The maximum absolute atomic E-state index is 12.9. The number of hydrogen-bond donors (Lipinski definition) is 2. The van der Waals surface area contributed by atoms with Crippen LogP contribution in [0, 0.1) is 10.8 Å². The number of carbonyl (C=O) groups is 1. The van der Waals surface area contributed by atoms with Crippen molar-refractivity contribution in [2.24, 2.45) is 0 Å². The summed E-state index contributed by atoms with van der Waals surface area (Å²) in [7, 11) is 0. The smallest absolute Gasteiger partial charge is 0.289 e. The van der Waals surface area contributed by atoms with Crippen LogP contribution in [0.15, 0.2) is 30.7 Å². The number of amidine groups is 2. The Balaban J connectivity index is 1.55. The van der Waals surface area contributed by atoms with E-state index in [2.05, 4.69) is 9.97 Å². The van der Waals surface area contributed by atoms with Gasteiger partial charge in [-0.3, -0.25) is 20.6 Å². The summed E-state index contributed by atoms with van der Waals surface area (Å²) in [6, 6.07) is 3.17. The molecule has 1 aromatic carbocycles. The molecule has 0 aliphatic carbocycles. The lowest BCUT2D eigenvalue weighted by atomic mass is 10.1. The molecule has 0 spiro atoms. The Labute approximate surface area is 165 Å². The van der Waals surface area contributed by atoms with Crippen LogP contribution in [0.4, 0.5) is 0 Å². The first-order valence-electron chi connectivity index (χ1n) is 8.55. The maximum atomic E-state index is 12.9. The fourth-order valence-corrected chi connectivity index (χ4v) is 3.37. The van der Waals surface area contributed by atoms with Crippen LogP contribution in [-0.2, 0) is 11.3 Å². The molecular formula is C18H17ClN6O3. The number of piperazine rings is 1. The van der Waals surface area contributed by atoms with Gasteiger partial charge in [0, 0.05) is 42.6 Å². The normalized spacial score (nSPS) is 18.6. The lowest BCUT2D eigenvalue weighted by Gasteiger charge is -2.40. The van der Waals surface area contributed by atoms with E-state index in [0.717, 1.165) is 0 Å². The number of aromatic nitrogens is 2. The Hall–Kier alpha value is -3.20. The van der Waals surface area contributed by atoms with Crippen LogP contribution in [0.1, 0.15) is 18.2 Å². The molecule has 0 saturated carbocycles. The third-order valence-corrected chi connectivity index (χ3v) is 5.02. The second-order valence-corrected chi connectivity index (χ2v) is 6.88. The van der Waals surface area contributed by atoms with E-state index < -0.39 is 5.91 Å². The molecule has 2 aliphatic rings. The predicted octanol–water partition coefficient (Wildman–Crippen LogP) is 1.89. The third-order valence-electron chi connectivity index (χ3n) is 4.67. The van der Waals surface area contributed by atoms with Crippen molar-refractivity contribution in [1.29, 1.82) is 10.8 Å². The molecule has 10 heteroatoms. The van der Waals surface area contributed by atoms with Crippen molar-refractivity contribution in [2.75, 3.05) is 13.3 Å². The van der Waals surface area contributed by atoms with Crippen LogP contribution >= 0.6 is 11.6 Å². The van der Waals surface area contributed by atoms with E-state index in [-0.39, 0.29) is 31.1 Å². The number of halogens is 1. The average Bonchev–Trinajstić information content (AvgIpc) is 3.15. The van der Waals surface area contributed by atoms with Crippen molar-refractivity contribution < 1.29 is 14.3 Å². The van der Waals surface area contributed by atoms with E-state index in [9.17, 15) is 4.79 Å². The first kappa shape index (κ1) is 18.2. The van der Waals surface area contributed by atoms with Gasteiger partial charge in [0.2, 0.25) is 6.79 Å². The molecule has 28 heavy (non-hydrogen) atoms. The summed E-state index contributed by atoms with van der Waals surface area (Å²) in [6.07, 6.45) is 4.41. The van der Waals surface area contributed by atoms with Gasteiger partial charge in [-0.15, -0.1) is 0 Å². The van der Waals surface area contributed by atoms with E-state index in [1.54, 1.807) is 17.0 Å². The van der Waals surface area contributed by atoms with Crippen molar-refractivity contribution in [3.63, 3.8) is 0 Å². The minimum atomic E-state index is -0.485. The minimum absolute atomic E-state index is 0.0286. The predicted molar refractivity (Wildman–Crippen MR) is 101 cm³/mol. The zero-order valence-corrected chi connectivity index (χ0v) is 15.7. The molecule has 1 saturated heterocycles. The fraction of sp³-hybridized carbons (Fsp3) is 0.278. The number of hydrogen-bond acceptors (Lipinski definition) is 7. The van der Waals surface area contributed by atoms with Crippen molar-refractivity contribution in [3.8, 4) is 11.5 Å². The molecule has 0 radical (unpaired) electrons. The largest absolute Gasteiger partial charge is 0.454 e. The average molecular weight is 401 g/mol. The summed E-state index contributed by atoms with van der Waals surface area (Å²) in [5.41, 5.74) is 1.01. The van der Waals surface area contributed by atoms with Crippen molar-refractivity contribution >= 4 is 29.2 Å². The van der Waals surface area contributed by atoms with Gasteiger partial charge in [-0.25, -0.2) is 4.98 Å². The number of benzene rings is 1. The SMILES string of the molecule is CC1CN(C(=N)c2cnccn2)C(=N)C(=O)N1Cc1cc2c(cc1Cl)OCO2. The second-order valence-electron chi connectivity index (χ2n) is 6.48. The first-order chi connectivity index (χ1) is 13.5. The van der Waals surface area contributed by atoms with Crippen LogP contribution < -0.4 is 9.47 Å². The molecule has 1 atom stereocenters. The number of nitrogens with zero attached hydrogens (tertiary/aromatic N) is 4. The van der Waals surface area contributed by atoms with Crippen LogP contribution in [-0.4, -0.2) is 56.7 Å². The van der Waals surface area contributed by atoms with Crippen LogP contribution in [0.2, 0.25) is 5.02 Å². The summed E-state index contributed by atoms with van der Waals surface area (Å²) in [6.45, 7) is 2.52. The van der Waals surface area contributed by atoms with Gasteiger partial charge in [0.25, 0.3) is 5.91 Å². The topological polar surface area (TPSA) is 115 Å². The quantitative estimate of drug-likeness (QED) is 0.600. The van der Waals surface area contributed by atoms with E-state index in [0.29, 0.717) is 34.3 Å². The monoisotopic (exact) mass is 400 g/mol. The minimum Gasteiger partial charge on any atom is -0.454 e. The molecule has 1 amide bonds. The molecule has 1 fully saturated rings. The molecule has 2 aliphatic heterocycles. The highest BCUT2D eigenvalue weighted by Gasteiger charge is 2.37. The summed E-state index contributed by atoms with van der Waals surface area (Å²) < 4.78 is 10.7. The van der Waals surface area contributed by atoms with E-state index in [4.69, 9.17) is 31.9 Å². The summed E-state index contributed by atoms with van der Waals surface area (Å²) in [5, 5.41) is 17.0. The Kier molecular flexibility index (Phi) is 4.60. The number of rotatable bonds is 3. The Morgan fingerprint density at radius 3 is 2.79 bits per heavy atom. The Morgan fingerprint density at radius 2 is 2.07 bits per heavy atom. The third kappa shape index (κ3) is 3.13. The van der Waals surface area contributed by atoms with Crippen LogP contribution in [0.3, 0.4) is 0 Å². The highest BCUT2D eigenvalue weighted by Crippen LogP contribution is 2.37. The van der Waals surface area contributed by atoms with Gasteiger partial charge < -0.3 is 19.3 Å². The summed E-state index contributed by atoms with van der Waals surface area (Å²) >= 11 is 6.33. The van der Waals surface area contributed by atoms with Gasteiger partial charge in [0.1, 0.15) is 5.69 Å². The molecule has 2 aromatic rings. The first-order valence-corrected chi connectivity index (χ1v) is 8.93. The number of nitrogens with one attached hydrogen (secondary N) is 2. The molecule has 144 valence electrons. The van der Waals surface area contributed by atoms with Gasteiger partial charge in [-0.2, -0.15) is 0 Å². The highest BCUT2D eigenvalue weighted by atomic mass is 35.5. The Bertz CT molecular complexity index is 967. The zero-order valence-electron chi connectivity index (χ0n) is 15.0. The van der Waals surface area contributed by atoms with Crippen molar-refractivity contribution in [3.05, 3.63) is 47.0 Å². The molecule has 3 heterocycles. The number of amides is 1. The number of carbonyl (C=O) groups excluding carboxylic acids is 1. The number of fused-ring (bicyclic) bond motifs is 1. The van der Waals surface area contributed by atoms with Crippen molar-refractivity contribution in [2.45, 2.75) is 19.5 Å². The molecule has 1 aromatic heterocycles. The van der Waals surface area contributed by atoms with Gasteiger partial charge in [0.15, 0.2) is 23.2 Å². The van der Waals surface area contributed by atoms with Crippen molar-refractivity contribution in [1.82, 2.24) is 19.8 Å². The lowest BCUT2D eigenvalue weighted by Crippen LogP contribution is -2.59. The molecule has 9 nitrogen and oxygen atoms in total. The molecule has 1 unspecified atom stereocenters. The zero-order chi connectivity index (χ0) is 19.8. The molecule has 4 rings (SSSR count). The summed E-state index contributed by atoms with van der Waals surface area (Å²) in [5.74, 6) is 0.353. The maximum Gasteiger partial charge on any atom is 0.289 e. The van der Waals surface area contributed by atoms with Gasteiger partial charge >= 0.3 is 0 Å². The lowest BCUT2D eigenvalue weighted by molar-refractivity contribution is -0.129. The summed E-state index contributed by atoms with van der Waals surface area (Å²) in [4.78, 5) is 23.8. The standard InChI is InChI=1S/C18H17ClN6O3/c1-10-7-25(16(20)13-6-22-2-3-23-13)17(21)18(26)24(10)8-11-4-14-15(5-12(11)19)28-9-27-14/h2-6,10,20-21H,7-9H2,1H3. The fourth-order valence-electron chi connectivity index (χ4n) is 3.16. The highest BCUT2D eigenvalue weighted by molar-refractivity contribution is 6.40. The van der Waals surface area contributed by atoms with E-state index >= 15 is 0 Å². The van der Waals surface area contributed by atoms with Crippen LogP contribution in [0.25, 0.3) is 0 Å². The molecule has 2 N–H and O–H groups in total.